The third-order valence-electron chi connectivity index (χ3n) is 2.27. The molecule has 18 heavy (non-hydrogen) atoms. The summed E-state index contributed by atoms with van der Waals surface area (Å²) in [5.41, 5.74) is -1.56. The van der Waals surface area contributed by atoms with Gasteiger partial charge in [0.15, 0.2) is 0 Å². The highest BCUT2D eigenvalue weighted by molar-refractivity contribution is 5.90. The Hall–Kier alpha value is -1.79. The maximum atomic E-state index is 12.5. The third kappa shape index (κ3) is 3.35. The molecule has 0 saturated heterocycles. The van der Waals surface area contributed by atoms with Gasteiger partial charge in [0, 0.05) is 0 Å². The number of halogens is 3. The van der Waals surface area contributed by atoms with E-state index in [9.17, 15) is 18.0 Å². The molecule has 0 aromatic carbocycles. The van der Waals surface area contributed by atoms with Gasteiger partial charge in [-0.3, -0.25) is 0 Å². The van der Waals surface area contributed by atoms with Crippen molar-refractivity contribution in [3.8, 4) is 5.88 Å². The van der Waals surface area contributed by atoms with E-state index in [1.165, 1.54) is 0 Å². The van der Waals surface area contributed by atoms with Crippen molar-refractivity contribution in [2.24, 2.45) is 0 Å². The lowest BCUT2D eigenvalue weighted by Gasteiger charge is -2.15. The first-order valence-corrected chi connectivity index (χ1v) is 5.24. The van der Waals surface area contributed by atoms with E-state index in [1.807, 2.05) is 0 Å². The molecule has 0 aliphatic heterocycles. The van der Waals surface area contributed by atoms with Crippen LogP contribution in [-0.4, -0.2) is 22.2 Å². The van der Waals surface area contributed by atoms with Crippen molar-refractivity contribution in [2.45, 2.75) is 32.5 Å². The van der Waals surface area contributed by atoms with Crippen LogP contribution < -0.4 is 4.74 Å². The van der Waals surface area contributed by atoms with Crippen LogP contribution in [0.4, 0.5) is 13.2 Å². The Morgan fingerprint density at radius 3 is 2.56 bits per heavy atom. The summed E-state index contributed by atoms with van der Waals surface area (Å²) in [6, 6.07) is 1.46. The second kappa shape index (κ2) is 5.24. The van der Waals surface area contributed by atoms with Crippen LogP contribution in [-0.2, 0) is 6.18 Å². The SMILES string of the molecule is CCC(C)Oc1nc(C(F)(F)F)ccc1C(=O)O. The Bertz CT molecular complexity index is 446. The number of carbonyl (C=O) groups is 1. The number of ether oxygens (including phenoxy) is 1. The lowest BCUT2D eigenvalue weighted by Crippen LogP contribution is -2.17. The summed E-state index contributed by atoms with van der Waals surface area (Å²) < 4.78 is 42.5. The second-order valence-electron chi connectivity index (χ2n) is 3.69. The fraction of sp³-hybridized carbons (Fsp3) is 0.455. The van der Waals surface area contributed by atoms with E-state index < -0.39 is 29.8 Å². The molecule has 1 aromatic heterocycles. The van der Waals surface area contributed by atoms with E-state index in [2.05, 4.69) is 4.98 Å². The maximum absolute atomic E-state index is 12.5. The summed E-state index contributed by atoms with van der Waals surface area (Å²) in [7, 11) is 0. The van der Waals surface area contributed by atoms with Gasteiger partial charge < -0.3 is 9.84 Å². The highest BCUT2D eigenvalue weighted by Crippen LogP contribution is 2.30. The summed E-state index contributed by atoms with van der Waals surface area (Å²) in [5.74, 6) is -1.89. The van der Waals surface area contributed by atoms with Gasteiger partial charge in [-0.2, -0.15) is 13.2 Å². The van der Waals surface area contributed by atoms with E-state index in [0.717, 1.165) is 6.07 Å². The molecule has 1 aromatic rings. The minimum Gasteiger partial charge on any atom is -0.477 e. The predicted octanol–water partition coefficient (Wildman–Crippen LogP) is 2.98. The average Bonchev–Trinajstić information content (AvgIpc) is 2.27. The highest BCUT2D eigenvalue weighted by Gasteiger charge is 2.34. The van der Waals surface area contributed by atoms with Crippen molar-refractivity contribution in [2.75, 3.05) is 0 Å². The monoisotopic (exact) mass is 263 g/mol. The number of pyridine rings is 1. The van der Waals surface area contributed by atoms with Crippen LogP contribution >= 0.6 is 0 Å². The van der Waals surface area contributed by atoms with Gasteiger partial charge in [0.05, 0.1) is 6.10 Å². The Balaban J connectivity index is 3.20. The largest absolute Gasteiger partial charge is 0.477 e. The Kier molecular flexibility index (Phi) is 4.15. The molecule has 1 unspecified atom stereocenters. The predicted molar refractivity (Wildman–Crippen MR) is 56.6 cm³/mol. The second-order valence-corrected chi connectivity index (χ2v) is 3.69. The van der Waals surface area contributed by atoms with Gasteiger partial charge in [-0.1, -0.05) is 6.92 Å². The van der Waals surface area contributed by atoms with Crippen LogP contribution in [0.1, 0.15) is 36.3 Å². The molecule has 0 spiro atoms. The van der Waals surface area contributed by atoms with Crippen molar-refractivity contribution in [1.82, 2.24) is 4.98 Å². The van der Waals surface area contributed by atoms with Gasteiger partial charge >= 0.3 is 12.1 Å². The molecule has 4 nitrogen and oxygen atoms in total. The summed E-state index contributed by atoms with van der Waals surface area (Å²) in [6.07, 6.45) is -4.53. The summed E-state index contributed by atoms with van der Waals surface area (Å²) in [4.78, 5) is 14.1. The molecule has 1 N–H and O–H groups in total. The van der Waals surface area contributed by atoms with Gasteiger partial charge in [-0.25, -0.2) is 9.78 Å². The Labute approximate surface area is 101 Å². The molecular formula is C11H12F3NO3. The number of aromatic nitrogens is 1. The van der Waals surface area contributed by atoms with Gasteiger partial charge in [0.2, 0.25) is 5.88 Å². The van der Waals surface area contributed by atoms with Gasteiger partial charge in [-0.05, 0) is 25.5 Å². The molecule has 0 saturated carbocycles. The van der Waals surface area contributed by atoms with Crippen LogP contribution in [0.2, 0.25) is 0 Å². The summed E-state index contributed by atoms with van der Waals surface area (Å²) in [6.45, 7) is 3.38. The number of nitrogens with zero attached hydrogens (tertiary/aromatic N) is 1. The smallest absolute Gasteiger partial charge is 0.433 e. The molecule has 7 heteroatoms. The van der Waals surface area contributed by atoms with Crippen molar-refractivity contribution in [3.63, 3.8) is 0 Å². The normalized spacial score (nSPS) is 13.2. The summed E-state index contributed by atoms with van der Waals surface area (Å²) in [5, 5.41) is 8.84. The van der Waals surface area contributed by atoms with Crippen LogP contribution in [0.25, 0.3) is 0 Å². The number of carboxylic acids is 1. The van der Waals surface area contributed by atoms with Crippen LogP contribution in [0.3, 0.4) is 0 Å². The molecule has 0 radical (unpaired) electrons. The van der Waals surface area contributed by atoms with E-state index in [-0.39, 0.29) is 5.56 Å². The number of hydrogen-bond donors (Lipinski definition) is 1. The fourth-order valence-electron chi connectivity index (χ4n) is 1.12. The maximum Gasteiger partial charge on any atom is 0.433 e. The molecule has 0 aliphatic rings. The minimum atomic E-state index is -4.63. The van der Waals surface area contributed by atoms with Crippen LogP contribution in [0.15, 0.2) is 12.1 Å². The number of alkyl halides is 3. The quantitative estimate of drug-likeness (QED) is 0.907. The molecule has 1 rings (SSSR count). The zero-order chi connectivity index (χ0) is 13.9. The standard InChI is InChI=1S/C11H12F3NO3/c1-3-6(2)18-9-7(10(16)17)4-5-8(15-9)11(12,13)14/h4-6H,3H2,1-2H3,(H,16,17). The van der Waals surface area contributed by atoms with Gasteiger partial charge in [0.1, 0.15) is 11.3 Å². The minimum absolute atomic E-state index is 0.386. The first-order chi connectivity index (χ1) is 8.25. The van der Waals surface area contributed by atoms with E-state index in [4.69, 9.17) is 9.84 Å². The zero-order valence-electron chi connectivity index (χ0n) is 9.78. The van der Waals surface area contributed by atoms with Crippen LogP contribution in [0.5, 0.6) is 5.88 Å². The molecule has 1 atom stereocenters. The lowest BCUT2D eigenvalue weighted by molar-refractivity contribution is -0.141. The average molecular weight is 263 g/mol. The lowest BCUT2D eigenvalue weighted by atomic mass is 10.2. The Morgan fingerprint density at radius 1 is 1.50 bits per heavy atom. The number of rotatable bonds is 4. The molecular weight excluding hydrogens is 251 g/mol. The molecule has 0 fully saturated rings. The first-order valence-electron chi connectivity index (χ1n) is 5.24. The van der Waals surface area contributed by atoms with Crippen molar-refractivity contribution in [1.29, 1.82) is 0 Å². The van der Waals surface area contributed by atoms with E-state index in [0.29, 0.717) is 12.5 Å². The number of hydrogen-bond acceptors (Lipinski definition) is 3. The van der Waals surface area contributed by atoms with Gasteiger partial charge in [-0.15, -0.1) is 0 Å². The van der Waals surface area contributed by atoms with E-state index >= 15 is 0 Å². The topological polar surface area (TPSA) is 59.4 Å². The molecule has 0 bridgehead atoms. The molecule has 100 valence electrons. The molecule has 1 heterocycles. The zero-order valence-corrected chi connectivity index (χ0v) is 9.78. The number of aromatic carboxylic acids is 1. The van der Waals surface area contributed by atoms with Crippen molar-refractivity contribution < 1.29 is 27.8 Å². The van der Waals surface area contributed by atoms with E-state index in [1.54, 1.807) is 13.8 Å². The number of carboxylic acid groups (broad SMARTS) is 1. The van der Waals surface area contributed by atoms with Crippen LogP contribution in [0, 0.1) is 0 Å². The van der Waals surface area contributed by atoms with Gasteiger partial charge in [0.25, 0.3) is 0 Å². The summed E-state index contributed by atoms with van der Waals surface area (Å²) >= 11 is 0. The molecule has 0 aliphatic carbocycles. The Morgan fingerprint density at radius 2 is 2.11 bits per heavy atom. The fourth-order valence-corrected chi connectivity index (χ4v) is 1.12. The first kappa shape index (κ1) is 14.3. The highest BCUT2D eigenvalue weighted by atomic mass is 19.4. The third-order valence-corrected chi connectivity index (χ3v) is 2.27. The van der Waals surface area contributed by atoms with Crippen molar-refractivity contribution in [3.05, 3.63) is 23.4 Å². The van der Waals surface area contributed by atoms with Crippen molar-refractivity contribution >= 4 is 5.97 Å². The molecule has 0 amide bonds.